The standard InChI is InChI=1S/C15H22N4O6/c16-19-18-2-4-24-6-8-25-7-5-23-3-1-17-15(22)12-9-13(20)11-14(21)10-12/h9-11,16H,1-8H2,(H2-,17,20,21,22)/p+1. The molecule has 0 unspecified atom stereocenters. The van der Waals surface area contributed by atoms with Crippen molar-refractivity contribution in [1.29, 1.82) is 5.53 Å². The molecule has 0 spiro atoms. The Morgan fingerprint density at radius 2 is 1.56 bits per heavy atom. The molecule has 0 aliphatic rings. The van der Waals surface area contributed by atoms with E-state index in [9.17, 15) is 15.0 Å². The molecular formula is C15H23N4O6+. The molecule has 0 fully saturated rings. The topological polar surface area (TPSA) is 148 Å². The highest BCUT2D eigenvalue weighted by atomic mass is 16.5. The Labute approximate surface area is 144 Å². The van der Waals surface area contributed by atoms with Gasteiger partial charge in [-0.2, -0.15) is 0 Å². The average Bonchev–Trinajstić information content (AvgIpc) is 2.58. The van der Waals surface area contributed by atoms with Crippen LogP contribution in [0.5, 0.6) is 11.5 Å². The Hall–Kier alpha value is -2.52. The van der Waals surface area contributed by atoms with Gasteiger partial charge in [0.1, 0.15) is 28.7 Å². The van der Waals surface area contributed by atoms with E-state index >= 15 is 0 Å². The third-order valence-electron chi connectivity index (χ3n) is 2.85. The van der Waals surface area contributed by atoms with Gasteiger partial charge in [0.25, 0.3) is 5.91 Å². The second-order valence-corrected chi connectivity index (χ2v) is 4.80. The van der Waals surface area contributed by atoms with E-state index in [-0.39, 0.29) is 17.1 Å². The van der Waals surface area contributed by atoms with Gasteiger partial charge in [-0.1, -0.05) is 0 Å². The van der Waals surface area contributed by atoms with Crippen LogP contribution in [0.2, 0.25) is 0 Å². The first-order valence-corrected chi connectivity index (χ1v) is 7.71. The maximum atomic E-state index is 11.8. The molecule has 0 bridgehead atoms. The van der Waals surface area contributed by atoms with Crippen LogP contribution in [-0.4, -0.2) is 68.9 Å². The lowest BCUT2D eigenvalue weighted by Crippen LogP contribution is -2.27. The van der Waals surface area contributed by atoms with E-state index in [1.54, 1.807) is 0 Å². The summed E-state index contributed by atoms with van der Waals surface area (Å²) in [5.41, 5.74) is 6.62. The Morgan fingerprint density at radius 1 is 1.00 bits per heavy atom. The van der Waals surface area contributed by atoms with Crippen LogP contribution in [0.3, 0.4) is 0 Å². The number of ether oxygens (including phenoxy) is 3. The summed E-state index contributed by atoms with van der Waals surface area (Å²) < 4.78 is 15.8. The van der Waals surface area contributed by atoms with Gasteiger partial charge in [-0.15, -0.1) is 0 Å². The van der Waals surface area contributed by atoms with E-state index in [1.807, 2.05) is 0 Å². The molecule has 0 heterocycles. The van der Waals surface area contributed by atoms with Crippen LogP contribution in [0.4, 0.5) is 0 Å². The quantitative estimate of drug-likeness (QED) is 0.229. The zero-order valence-corrected chi connectivity index (χ0v) is 13.8. The van der Waals surface area contributed by atoms with E-state index in [0.29, 0.717) is 52.7 Å². The predicted molar refractivity (Wildman–Crippen MR) is 86.7 cm³/mol. The van der Waals surface area contributed by atoms with Crippen molar-refractivity contribution in [3.63, 3.8) is 0 Å². The highest BCUT2D eigenvalue weighted by Gasteiger charge is 2.07. The summed E-state index contributed by atoms with van der Waals surface area (Å²) in [5.74, 6) is -0.764. The number of carbonyl (C=O) groups excluding carboxylic acids is 1. The fraction of sp³-hybridized carbons (Fsp3) is 0.533. The molecule has 0 aliphatic heterocycles. The Balaban J connectivity index is 1.96. The van der Waals surface area contributed by atoms with Gasteiger partial charge in [-0.05, 0) is 12.1 Å². The minimum Gasteiger partial charge on any atom is -0.508 e. The van der Waals surface area contributed by atoms with Crippen LogP contribution in [-0.2, 0) is 14.2 Å². The number of nitrogens with zero attached hydrogens (tertiary/aromatic N) is 2. The molecule has 10 nitrogen and oxygen atoms in total. The number of phenolic OH excluding ortho intramolecular Hbond substituents is 2. The third kappa shape index (κ3) is 10.0. The first kappa shape index (κ1) is 20.5. The lowest BCUT2D eigenvalue weighted by atomic mass is 10.2. The van der Waals surface area contributed by atoms with Gasteiger partial charge in [0.2, 0.25) is 4.91 Å². The molecule has 0 radical (unpaired) electrons. The number of carbonyl (C=O) groups is 1. The van der Waals surface area contributed by atoms with Gasteiger partial charge < -0.3 is 29.7 Å². The van der Waals surface area contributed by atoms with Gasteiger partial charge in [0.15, 0.2) is 0 Å². The largest absolute Gasteiger partial charge is 0.508 e. The molecule has 0 atom stereocenters. The van der Waals surface area contributed by atoms with Crippen molar-refractivity contribution in [3.05, 3.63) is 23.8 Å². The zero-order valence-electron chi connectivity index (χ0n) is 13.8. The van der Waals surface area contributed by atoms with Crippen molar-refractivity contribution in [1.82, 2.24) is 10.2 Å². The molecule has 0 saturated heterocycles. The third-order valence-corrected chi connectivity index (χ3v) is 2.85. The highest BCUT2D eigenvalue weighted by Crippen LogP contribution is 2.20. The second kappa shape index (κ2) is 12.8. The summed E-state index contributed by atoms with van der Waals surface area (Å²) >= 11 is 0. The van der Waals surface area contributed by atoms with Crippen molar-refractivity contribution in [2.45, 2.75) is 0 Å². The summed E-state index contributed by atoms with van der Waals surface area (Å²) in [5, 5.41) is 24.7. The van der Waals surface area contributed by atoms with Crippen molar-refractivity contribution < 1.29 is 29.2 Å². The van der Waals surface area contributed by atoms with Crippen molar-refractivity contribution >= 4 is 5.91 Å². The minimum absolute atomic E-state index is 0.171. The maximum absolute atomic E-state index is 11.8. The zero-order chi connectivity index (χ0) is 18.3. The Bertz CT molecular complexity index is 557. The molecule has 0 saturated carbocycles. The summed E-state index contributed by atoms with van der Waals surface area (Å²) in [6, 6.07) is 3.68. The van der Waals surface area contributed by atoms with Crippen molar-refractivity contribution in [3.8, 4) is 11.5 Å². The van der Waals surface area contributed by atoms with Gasteiger partial charge in [0, 0.05) is 18.2 Å². The Kier molecular flexibility index (Phi) is 10.5. The molecular weight excluding hydrogens is 332 g/mol. The number of phenols is 2. The second-order valence-electron chi connectivity index (χ2n) is 4.80. The summed E-state index contributed by atoms with van der Waals surface area (Å²) in [4.78, 5) is 14.7. The van der Waals surface area contributed by atoms with E-state index in [0.717, 1.165) is 6.07 Å². The monoisotopic (exact) mass is 355 g/mol. The minimum atomic E-state index is -0.409. The van der Waals surface area contributed by atoms with Crippen LogP contribution in [0, 0.1) is 5.53 Å². The molecule has 1 rings (SSSR count). The lowest BCUT2D eigenvalue weighted by Gasteiger charge is -2.08. The first-order chi connectivity index (χ1) is 12.1. The van der Waals surface area contributed by atoms with Crippen LogP contribution >= 0.6 is 0 Å². The van der Waals surface area contributed by atoms with Gasteiger partial charge in [-0.25, -0.2) is 0 Å². The van der Waals surface area contributed by atoms with Crippen molar-refractivity contribution in [2.24, 2.45) is 5.11 Å². The molecule has 138 valence electrons. The van der Waals surface area contributed by atoms with Gasteiger partial charge in [0.05, 0.1) is 39.6 Å². The van der Waals surface area contributed by atoms with E-state index < -0.39 is 5.91 Å². The van der Waals surface area contributed by atoms with E-state index in [1.165, 1.54) is 12.1 Å². The molecule has 0 aromatic heterocycles. The van der Waals surface area contributed by atoms with Crippen molar-refractivity contribution in [2.75, 3.05) is 52.7 Å². The number of aromatic hydroxyl groups is 2. The predicted octanol–water partition coefficient (Wildman–Crippen LogP) is 0.428. The molecule has 4 N–H and O–H groups in total. The van der Waals surface area contributed by atoms with Crippen LogP contribution in [0.25, 0.3) is 0 Å². The number of rotatable bonds is 13. The van der Waals surface area contributed by atoms with Crippen LogP contribution < -0.4 is 10.2 Å². The molecule has 10 heteroatoms. The molecule has 25 heavy (non-hydrogen) atoms. The van der Waals surface area contributed by atoms with Crippen LogP contribution in [0.1, 0.15) is 10.4 Å². The number of hydrogen-bond donors (Lipinski definition) is 4. The fourth-order valence-corrected chi connectivity index (χ4v) is 1.76. The average molecular weight is 355 g/mol. The summed E-state index contributed by atoms with van der Waals surface area (Å²) in [6.07, 6.45) is 0. The summed E-state index contributed by atoms with van der Waals surface area (Å²) in [6.45, 7) is 3.02. The summed E-state index contributed by atoms with van der Waals surface area (Å²) in [7, 11) is 0. The van der Waals surface area contributed by atoms with Gasteiger partial charge >= 0.3 is 0 Å². The van der Waals surface area contributed by atoms with Crippen LogP contribution in [0.15, 0.2) is 23.3 Å². The van der Waals surface area contributed by atoms with E-state index in [2.05, 4.69) is 15.3 Å². The molecule has 0 aliphatic carbocycles. The number of hydrogen-bond acceptors (Lipinski definition) is 8. The smallest absolute Gasteiger partial charge is 0.251 e. The number of nitrogens with one attached hydrogen (secondary N) is 2. The molecule has 1 amide bonds. The SMILES string of the molecule is N=[N+]=NCCOCCOCCOCCNC(=O)c1cc(O)cc(O)c1. The highest BCUT2D eigenvalue weighted by molar-refractivity contribution is 5.95. The molecule has 1 aromatic carbocycles. The number of benzene rings is 1. The maximum Gasteiger partial charge on any atom is 0.251 e. The fourth-order valence-electron chi connectivity index (χ4n) is 1.76. The first-order valence-electron chi connectivity index (χ1n) is 7.71. The van der Waals surface area contributed by atoms with Gasteiger partial charge in [-0.3, -0.25) is 4.79 Å². The van der Waals surface area contributed by atoms with E-state index in [4.69, 9.17) is 19.7 Å². The lowest BCUT2D eigenvalue weighted by molar-refractivity contribution is 0.0164. The number of amides is 1. The normalized spacial score (nSPS) is 10.2. The molecule has 1 aromatic rings. The Morgan fingerprint density at radius 3 is 2.16 bits per heavy atom.